The predicted molar refractivity (Wildman–Crippen MR) is 121 cm³/mol. The SMILES string of the molecule is O=C(O)Cn1ncc2c1CCC[C@H]2NCS(=O)(=O)c1ccc(Oc2ccc(F)cc2)c(Br)c1. The highest BCUT2D eigenvalue weighted by Gasteiger charge is 2.26. The van der Waals surface area contributed by atoms with Crippen molar-refractivity contribution in [3.8, 4) is 11.5 Å². The molecule has 0 amide bonds. The second-order valence-electron chi connectivity index (χ2n) is 7.65. The lowest BCUT2D eigenvalue weighted by Gasteiger charge is -2.24. The van der Waals surface area contributed by atoms with Gasteiger partial charge in [0.2, 0.25) is 0 Å². The average Bonchev–Trinajstić information content (AvgIpc) is 3.18. The number of nitrogens with one attached hydrogen (secondary N) is 1. The van der Waals surface area contributed by atoms with E-state index in [0.717, 1.165) is 24.1 Å². The fraction of sp³-hybridized carbons (Fsp3) is 0.273. The number of benzene rings is 2. The number of aromatic nitrogens is 2. The van der Waals surface area contributed by atoms with Crippen LogP contribution >= 0.6 is 15.9 Å². The van der Waals surface area contributed by atoms with Gasteiger partial charge < -0.3 is 9.84 Å². The molecule has 0 bridgehead atoms. The first kappa shape index (κ1) is 23.4. The van der Waals surface area contributed by atoms with Gasteiger partial charge >= 0.3 is 5.97 Å². The first-order valence-corrected chi connectivity index (χ1v) is 12.6. The number of sulfone groups is 1. The van der Waals surface area contributed by atoms with Gasteiger partial charge in [0.05, 0.1) is 15.6 Å². The zero-order valence-corrected chi connectivity index (χ0v) is 19.8. The van der Waals surface area contributed by atoms with Gasteiger partial charge in [-0.15, -0.1) is 0 Å². The van der Waals surface area contributed by atoms with Crippen LogP contribution in [0, 0.1) is 5.82 Å². The van der Waals surface area contributed by atoms with Crippen LogP contribution < -0.4 is 10.1 Å². The second-order valence-corrected chi connectivity index (χ2v) is 10.5. The van der Waals surface area contributed by atoms with Gasteiger partial charge in [0.1, 0.15) is 29.7 Å². The summed E-state index contributed by atoms with van der Waals surface area (Å²) in [5.41, 5.74) is 1.66. The third kappa shape index (κ3) is 5.43. The van der Waals surface area contributed by atoms with E-state index in [0.29, 0.717) is 22.4 Å². The van der Waals surface area contributed by atoms with Crippen LogP contribution in [0.4, 0.5) is 4.39 Å². The molecule has 0 saturated heterocycles. The third-order valence-electron chi connectivity index (χ3n) is 5.37. The number of halogens is 2. The van der Waals surface area contributed by atoms with Crippen molar-refractivity contribution in [1.29, 1.82) is 0 Å². The Bertz CT molecular complexity index is 1280. The number of carboxylic acids is 1. The van der Waals surface area contributed by atoms with E-state index in [9.17, 15) is 17.6 Å². The minimum Gasteiger partial charge on any atom is -0.480 e. The Morgan fingerprint density at radius 2 is 2.03 bits per heavy atom. The van der Waals surface area contributed by atoms with Gasteiger partial charge in [-0.05, 0) is 77.7 Å². The number of hydrogen-bond acceptors (Lipinski definition) is 6. The molecule has 1 heterocycles. The van der Waals surface area contributed by atoms with Crippen LogP contribution in [-0.2, 0) is 27.6 Å². The number of carboxylic acid groups (broad SMARTS) is 1. The fourth-order valence-electron chi connectivity index (χ4n) is 3.78. The van der Waals surface area contributed by atoms with Crippen molar-refractivity contribution in [3.05, 3.63) is 70.2 Å². The molecule has 174 valence electrons. The Morgan fingerprint density at radius 1 is 1.27 bits per heavy atom. The maximum atomic E-state index is 13.1. The van der Waals surface area contributed by atoms with Gasteiger partial charge in [-0.1, -0.05) is 0 Å². The molecule has 0 spiro atoms. The Morgan fingerprint density at radius 3 is 2.73 bits per heavy atom. The summed E-state index contributed by atoms with van der Waals surface area (Å²) >= 11 is 3.34. The smallest absolute Gasteiger partial charge is 0.325 e. The van der Waals surface area contributed by atoms with Crippen LogP contribution in [0.1, 0.15) is 30.1 Å². The van der Waals surface area contributed by atoms with Gasteiger partial charge in [-0.2, -0.15) is 5.10 Å². The standard InChI is InChI=1S/C22H21BrFN3O5S/c23-18-10-16(8-9-21(18)32-15-6-4-14(24)5-7-15)33(30,31)13-25-19-2-1-3-20-17(19)11-26-27(20)12-22(28)29/h4-11,19,25H,1-3,12-13H2,(H,28,29)/t19-/m1/s1. The molecule has 1 atom stereocenters. The number of nitrogens with zero attached hydrogens (tertiary/aromatic N) is 2. The molecule has 1 aliphatic rings. The number of fused-ring (bicyclic) bond motifs is 1. The number of rotatable bonds is 8. The molecule has 3 aromatic rings. The van der Waals surface area contributed by atoms with E-state index >= 15 is 0 Å². The number of hydrogen-bond donors (Lipinski definition) is 2. The summed E-state index contributed by atoms with van der Waals surface area (Å²) in [6.07, 6.45) is 3.85. The van der Waals surface area contributed by atoms with Crippen molar-refractivity contribution < 1.29 is 27.4 Å². The van der Waals surface area contributed by atoms with Crippen LogP contribution in [-0.4, -0.2) is 35.2 Å². The van der Waals surface area contributed by atoms with Gasteiger partial charge in [0.15, 0.2) is 9.84 Å². The van der Waals surface area contributed by atoms with Crippen molar-refractivity contribution in [1.82, 2.24) is 15.1 Å². The quantitative estimate of drug-likeness (QED) is 0.445. The zero-order chi connectivity index (χ0) is 23.6. The molecular weight excluding hydrogens is 517 g/mol. The second kappa shape index (κ2) is 9.62. The molecule has 4 rings (SSSR count). The van der Waals surface area contributed by atoms with Crippen LogP contribution in [0.25, 0.3) is 0 Å². The maximum Gasteiger partial charge on any atom is 0.325 e. The molecule has 0 fully saturated rings. The largest absolute Gasteiger partial charge is 0.480 e. The summed E-state index contributed by atoms with van der Waals surface area (Å²) in [5, 5.41) is 16.3. The molecule has 1 aliphatic carbocycles. The molecule has 0 unspecified atom stereocenters. The van der Waals surface area contributed by atoms with Gasteiger partial charge in [0, 0.05) is 17.3 Å². The monoisotopic (exact) mass is 537 g/mol. The molecule has 0 aliphatic heterocycles. The summed E-state index contributed by atoms with van der Waals surface area (Å²) in [6.45, 7) is -0.222. The third-order valence-corrected chi connectivity index (χ3v) is 7.51. The van der Waals surface area contributed by atoms with E-state index in [1.165, 1.54) is 47.1 Å². The fourth-order valence-corrected chi connectivity index (χ4v) is 5.55. The Balaban J connectivity index is 1.45. The first-order chi connectivity index (χ1) is 15.7. The Hall–Kier alpha value is -2.76. The summed E-state index contributed by atoms with van der Waals surface area (Å²) in [5.74, 6) is -0.820. The van der Waals surface area contributed by atoms with Crippen LogP contribution in [0.5, 0.6) is 11.5 Å². The number of carbonyl (C=O) groups is 1. The highest BCUT2D eigenvalue weighted by atomic mass is 79.9. The summed E-state index contributed by atoms with van der Waals surface area (Å²) in [6, 6.07) is 9.74. The molecule has 33 heavy (non-hydrogen) atoms. The summed E-state index contributed by atoms with van der Waals surface area (Å²) < 4.78 is 46.5. The Labute approximate surface area is 198 Å². The minimum absolute atomic E-state index is 0.117. The first-order valence-electron chi connectivity index (χ1n) is 10.2. The molecule has 0 saturated carbocycles. The molecule has 0 radical (unpaired) electrons. The lowest BCUT2D eigenvalue weighted by Crippen LogP contribution is -2.30. The van der Waals surface area contributed by atoms with Crippen LogP contribution in [0.2, 0.25) is 0 Å². The summed E-state index contributed by atoms with van der Waals surface area (Å²) in [7, 11) is -3.66. The van der Waals surface area contributed by atoms with Crippen molar-refractivity contribution in [2.75, 3.05) is 5.88 Å². The zero-order valence-electron chi connectivity index (χ0n) is 17.4. The van der Waals surface area contributed by atoms with Gasteiger partial charge in [-0.25, -0.2) is 12.8 Å². The van der Waals surface area contributed by atoms with Crippen LogP contribution in [0.15, 0.2) is 58.0 Å². The maximum absolute atomic E-state index is 13.1. The van der Waals surface area contributed by atoms with Gasteiger partial charge in [-0.3, -0.25) is 14.8 Å². The predicted octanol–water partition coefficient (Wildman–Crippen LogP) is 4.06. The topological polar surface area (TPSA) is 111 Å². The lowest BCUT2D eigenvalue weighted by molar-refractivity contribution is -0.137. The van der Waals surface area contributed by atoms with Crippen LogP contribution in [0.3, 0.4) is 0 Å². The van der Waals surface area contributed by atoms with E-state index in [1.807, 2.05) is 0 Å². The number of ether oxygens (including phenoxy) is 1. The lowest BCUT2D eigenvalue weighted by atomic mass is 9.93. The Kier molecular flexibility index (Phi) is 6.82. The molecule has 1 aromatic heterocycles. The van der Waals surface area contributed by atoms with Gasteiger partial charge in [0.25, 0.3) is 0 Å². The highest BCUT2D eigenvalue weighted by molar-refractivity contribution is 9.10. The summed E-state index contributed by atoms with van der Waals surface area (Å²) in [4.78, 5) is 11.1. The van der Waals surface area contributed by atoms with E-state index in [-0.39, 0.29) is 29.2 Å². The van der Waals surface area contributed by atoms with Crippen molar-refractivity contribution in [2.24, 2.45) is 0 Å². The van der Waals surface area contributed by atoms with E-state index in [2.05, 4.69) is 26.3 Å². The van der Waals surface area contributed by atoms with E-state index in [4.69, 9.17) is 9.84 Å². The number of aliphatic carboxylic acids is 1. The highest BCUT2D eigenvalue weighted by Crippen LogP contribution is 2.33. The molecule has 8 nitrogen and oxygen atoms in total. The van der Waals surface area contributed by atoms with E-state index in [1.54, 1.807) is 6.20 Å². The minimum atomic E-state index is -3.66. The molecule has 2 N–H and O–H groups in total. The average molecular weight is 538 g/mol. The molecule has 11 heteroatoms. The van der Waals surface area contributed by atoms with Crippen molar-refractivity contribution in [2.45, 2.75) is 36.7 Å². The van der Waals surface area contributed by atoms with E-state index < -0.39 is 15.8 Å². The molecule has 2 aromatic carbocycles. The van der Waals surface area contributed by atoms with Crippen molar-refractivity contribution >= 4 is 31.7 Å². The molecular formula is C22H21BrFN3O5S. The van der Waals surface area contributed by atoms with Crippen molar-refractivity contribution in [3.63, 3.8) is 0 Å². The normalized spacial score (nSPS) is 15.8.